The van der Waals surface area contributed by atoms with Gasteiger partial charge in [0.1, 0.15) is 0 Å². The lowest BCUT2D eigenvalue weighted by atomic mass is 9.85. The monoisotopic (exact) mass is 440 g/mol. The first kappa shape index (κ1) is 21.8. The standard InChI is InChI=1S/C22H26Cl2O3S/c23-16-9-14(8-15(10-16)12-25)4-7-20-19(21(24)11-22(20)27)3-1-2-17-5-6-18(13-26)28-17/h5-6,8-10,13,19-22,25,27H,1-4,7,11-12H2/t19-,20-,21-,22-/m1/s1. The summed E-state index contributed by atoms with van der Waals surface area (Å²) in [6.07, 6.45) is 5.75. The molecule has 0 radical (unpaired) electrons. The zero-order valence-electron chi connectivity index (χ0n) is 15.7. The Bertz CT molecular complexity index is 792. The van der Waals surface area contributed by atoms with Crippen molar-refractivity contribution in [2.24, 2.45) is 11.8 Å². The Labute approximate surface area is 180 Å². The van der Waals surface area contributed by atoms with E-state index in [9.17, 15) is 15.0 Å². The first-order chi connectivity index (χ1) is 13.5. The Balaban J connectivity index is 1.57. The zero-order valence-corrected chi connectivity index (χ0v) is 18.0. The highest BCUT2D eigenvalue weighted by molar-refractivity contribution is 7.13. The van der Waals surface area contributed by atoms with E-state index >= 15 is 0 Å². The number of aliphatic hydroxyl groups is 2. The normalized spacial score (nSPS) is 24.6. The molecule has 4 atom stereocenters. The predicted molar refractivity (Wildman–Crippen MR) is 116 cm³/mol. The number of carbonyl (C=O) groups is 1. The summed E-state index contributed by atoms with van der Waals surface area (Å²) in [5.74, 6) is 0.464. The fourth-order valence-corrected chi connectivity index (χ4v) is 5.97. The number of alkyl halides is 1. The molecule has 0 unspecified atom stereocenters. The van der Waals surface area contributed by atoms with Crippen molar-refractivity contribution in [2.45, 2.75) is 56.6 Å². The molecule has 6 heteroatoms. The van der Waals surface area contributed by atoms with Gasteiger partial charge in [0.05, 0.1) is 17.6 Å². The van der Waals surface area contributed by atoms with E-state index in [0.717, 1.165) is 54.4 Å². The summed E-state index contributed by atoms with van der Waals surface area (Å²) in [7, 11) is 0. The molecular formula is C22H26Cl2O3S. The maximum absolute atomic E-state index is 10.8. The number of aliphatic hydroxyl groups excluding tert-OH is 2. The highest BCUT2D eigenvalue weighted by atomic mass is 35.5. The number of benzene rings is 1. The van der Waals surface area contributed by atoms with Crippen molar-refractivity contribution in [1.82, 2.24) is 0 Å². The Morgan fingerprint density at radius 3 is 2.61 bits per heavy atom. The minimum absolute atomic E-state index is 0.00114. The summed E-state index contributed by atoms with van der Waals surface area (Å²) >= 11 is 14.3. The van der Waals surface area contributed by atoms with Crippen LogP contribution in [0, 0.1) is 11.8 Å². The number of aryl methyl sites for hydroxylation is 2. The topological polar surface area (TPSA) is 57.5 Å². The molecule has 152 valence electrons. The highest BCUT2D eigenvalue weighted by Crippen LogP contribution is 2.41. The van der Waals surface area contributed by atoms with Gasteiger partial charge in [0.2, 0.25) is 0 Å². The molecule has 3 nitrogen and oxygen atoms in total. The van der Waals surface area contributed by atoms with Crippen LogP contribution < -0.4 is 0 Å². The van der Waals surface area contributed by atoms with E-state index in [4.69, 9.17) is 23.2 Å². The quantitative estimate of drug-likeness (QED) is 0.412. The lowest BCUT2D eigenvalue weighted by molar-refractivity contribution is 0.109. The highest BCUT2D eigenvalue weighted by Gasteiger charge is 2.40. The fraction of sp³-hybridized carbons (Fsp3) is 0.500. The number of rotatable bonds is 9. The smallest absolute Gasteiger partial charge is 0.160 e. The van der Waals surface area contributed by atoms with Gasteiger partial charge in [0.15, 0.2) is 6.29 Å². The van der Waals surface area contributed by atoms with Crippen molar-refractivity contribution in [3.05, 3.63) is 56.2 Å². The molecule has 3 rings (SSSR count). The van der Waals surface area contributed by atoms with Crippen molar-refractivity contribution in [1.29, 1.82) is 0 Å². The van der Waals surface area contributed by atoms with Crippen LogP contribution in [0.25, 0.3) is 0 Å². The number of hydrogen-bond donors (Lipinski definition) is 2. The van der Waals surface area contributed by atoms with Gasteiger partial charge in [-0.1, -0.05) is 17.7 Å². The van der Waals surface area contributed by atoms with Crippen LogP contribution >= 0.6 is 34.5 Å². The maximum Gasteiger partial charge on any atom is 0.160 e. The van der Waals surface area contributed by atoms with Crippen LogP contribution in [0.2, 0.25) is 5.02 Å². The lowest BCUT2D eigenvalue weighted by Gasteiger charge is -2.23. The molecule has 0 bridgehead atoms. The van der Waals surface area contributed by atoms with Gasteiger partial charge in [-0.15, -0.1) is 22.9 Å². The summed E-state index contributed by atoms with van der Waals surface area (Å²) in [5.41, 5.74) is 1.90. The number of carbonyl (C=O) groups excluding carboxylic acids is 1. The Kier molecular flexibility index (Phi) is 7.95. The molecule has 0 saturated heterocycles. The maximum atomic E-state index is 10.8. The van der Waals surface area contributed by atoms with Crippen LogP contribution in [-0.4, -0.2) is 28.0 Å². The average Bonchev–Trinajstić information content (AvgIpc) is 3.24. The van der Waals surface area contributed by atoms with Crippen molar-refractivity contribution in [3.8, 4) is 0 Å². The summed E-state index contributed by atoms with van der Waals surface area (Å²) in [4.78, 5) is 12.8. The molecule has 1 aliphatic rings. The largest absolute Gasteiger partial charge is 0.393 e. The Morgan fingerprint density at radius 1 is 1.11 bits per heavy atom. The van der Waals surface area contributed by atoms with Crippen molar-refractivity contribution in [2.75, 3.05) is 0 Å². The third-order valence-corrected chi connectivity index (χ3v) is 7.49. The van der Waals surface area contributed by atoms with E-state index in [-0.39, 0.29) is 24.0 Å². The van der Waals surface area contributed by atoms with Crippen LogP contribution in [0.15, 0.2) is 30.3 Å². The van der Waals surface area contributed by atoms with Gasteiger partial charge in [-0.2, -0.15) is 0 Å². The summed E-state index contributed by atoms with van der Waals surface area (Å²) < 4.78 is 0. The molecule has 2 aromatic rings. The van der Waals surface area contributed by atoms with E-state index in [2.05, 4.69) is 0 Å². The number of halogens is 2. The van der Waals surface area contributed by atoms with Crippen LogP contribution in [0.5, 0.6) is 0 Å². The molecule has 0 aliphatic heterocycles. The van der Waals surface area contributed by atoms with Gasteiger partial charge in [-0.3, -0.25) is 4.79 Å². The fourth-order valence-electron chi connectivity index (χ4n) is 4.33. The van der Waals surface area contributed by atoms with Crippen molar-refractivity contribution in [3.63, 3.8) is 0 Å². The van der Waals surface area contributed by atoms with E-state index < -0.39 is 0 Å². The first-order valence-electron chi connectivity index (χ1n) is 9.75. The van der Waals surface area contributed by atoms with Gasteiger partial charge < -0.3 is 10.2 Å². The van der Waals surface area contributed by atoms with Crippen LogP contribution in [0.4, 0.5) is 0 Å². The number of thiophene rings is 1. The second kappa shape index (κ2) is 10.2. The van der Waals surface area contributed by atoms with E-state index in [1.807, 2.05) is 24.3 Å². The van der Waals surface area contributed by atoms with E-state index in [1.165, 1.54) is 4.88 Å². The number of hydrogen-bond acceptors (Lipinski definition) is 4. The molecule has 0 spiro atoms. The summed E-state index contributed by atoms with van der Waals surface area (Å²) in [5, 5.41) is 20.5. The molecule has 1 heterocycles. The minimum atomic E-state index is -0.368. The molecule has 2 N–H and O–H groups in total. The second-order valence-electron chi connectivity index (χ2n) is 7.63. The molecule has 28 heavy (non-hydrogen) atoms. The minimum Gasteiger partial charge on any atom is -0.393 e. The molecule has 1 aliphatic carbocycles. The third kappa shape index (κ3) is 5.58. The average molecular weight is 441 g/mol. The van der Waals surface area contributed by atoms with Crippen molar-refractivity contribution >= 4 is 40.8 Å². The van der Waals surface area contributed by atoms with Gasteiger partial charge in [0.25, 0.3) is 0 Å². The van der Waals surface area contributed by atoms with Crippen molar-refractivity contribution < 1.29 is 15.0 Å². The summed E-state index contributed by atoms with van der Waals surface area (Å²) in [6, 6.07) is 9.56. The van der Waals surface area contributed by atoms with Gasteiger partial charge in [0, 0.05) is 15.3 Å². The zero-order chi connectivity index (χ0) is 20.1. The van der Waals surface area contributed by atoms with E-state index in [1.54, 1.807) is 17.4 Å². The van der Waals surface area contributed by atoms with Crippen LogP contribution in [-0.2, 0) is 19.4 Å². The molecule has 0 amide bonds. The van der Waals surface area contributed by atoms with E-state index in [0.29, 0.717) is 17.4 Å². The van der Waals surface area contributed by atoms with Gasteiger partial charge >= 0.3 is 0 Å². The van der Waals surface area contributed by atoms with Gasteiger partial charge in [-0.05, 0) is 85.8 Å². The van der Waals surface area contributed by atoms with Gasteiger partial charge in [-0.25, -0.2) is 0 Å². The predicted octanol–water partition coefficient (Wildman–Crippen LogP) is 5.27. The molecular weight excluding hydrogens is 415 g/mol. The third-order valence-electron chi connectivity index (χ3n) is 5.70. The lowest BCUT2D eigenvalue weighted by Crippen LogP contribution is -2.21. The molecule has 1 aromatic heterocycles. The summed E-state index contributed by atoms with van der Waals surface area (Å²) in [6.45, 7) is -0.0273. The molecule has 1 saturated carbocycles. The number of aldehydes is 1. The molecule has 1 fully saturated rings. The first-order valence-corrected chi connectivity index (χ1v) is 11.4. The van der Waals surface area contributed by atoms with Crippen LogP contribution in [0.1, 0.15) is 51.4 Å². The Hall–Kier alpha value is -0.910. The molecule has 1 aromatic carbocycles. The SMILES string of the molecule is O=Cc1ccc(CCC[C@@H]2[C@@H](CCc3cc(Cl)cc(CO)c3)[C@H](O)C[C@H]2Cl)s1. The Morgan fingerprint density at radius 2 is 1.89 bits per heavy atom. The second-order valence-corrected chi connectivity index (χ2v) is 9.82. The van der Waals surface area contributed by atoms with Crippen LogP contribution in [0.3, 0.4) is 0 Å².